The second-order valence-corrected chi connectivity index (χ2v) is 9.03. The molecular weight excluding hydrogens is 418 g/mol. The molecule has 150 valence electrons. The molecule has 0 amide bonds. The molecule has 6 nitrogen and oxygen atoms in total. The summed E-state index contributed by atoms with van der Waals surface area (Å²) in [6.07, 6.45) is 1.62. The third kappa shape index (κ3) is 3.73. The first-order valence-corrected chi connectivity index (χ1v) is 11.0. The predicted molar refractivity (Wildman–Crippen MR) is 108 cm³/mol. The van der Waals surface area contributed by atoms with Gasteiger partial charge in [0.15, 0.2) is 0 Å². The summed E-state index contributed by atoms with van der Waals surface area (Å²) in [5, 5.41) is 5.35. The van der Waals surface area contributed by atoms with Gasteiger partial charge in [-0.25, -0.2) is 31.9 Å². The zero-order valence-corrected chi connectivity index (χ0v) is 16.8. The number of guanidine groups is 1. The van der Waals surface area contributed by atoms with Crippen molar-refractivity contribution in [1.82, 2.24) is 9.71 Å². The van der Waals surface area contributed by atoms with Crippen LogP contribution in [0, 0.1) is 11.6 Å². The van der Waals surface area contributed by atoms with Gasteiger partial charge in [-0.3, -0.25) is 0 Å². The van der Waals surface area contributed by atoms with Gasteiger partial charge in [0.1, 0.15) is 21.5 Å². The van der Waals surface area contributed by atoms with Crippen LogP contribution in [0.25, 0.3) is 0 Å². The summed E-state index contributed by atoms with van der Waals surface area (Å²) < 4.78 is 56.8. The fraction of sp³-hybridized carbons (Fsp3) is 0.158. The minimum absolute atomic E-state index is 0.0414. The molecule has 1 atom stereocenters. The lowest BCUT2D eigenvalue weighted by atomic mass is 9.91. The van der Waals surface area contributed by atoms with Crippen molar-refractivity contribution in [2.45, 2.75) is 24.3 Å². The Morgan fingerprint density at radius 2 is 1.97 bits per heavy atom. The average molecular weight is 434 g/mol. The van der Waals surface area contributed by atoms with Gasteiger partial charge in [-0.2, -0.15) is 0 Å². The van der Waals surface area contributed by atoms with Crippen LogP contribution in [-0.2, 0) is 16.6 Å². The van der Waals surface area contributed by atoms with Crippen molar-refractivity contribution < 1.29 is 17.2 Å². The van der Waals surface area contributed by atoms with E-state index in [4.69, 9.17) is 0 Å². The first kappa shape index (κ1) is 19.5. The van der Waals surface area contributed by atoms with Crippen LogP contribution in [0.5, 0.6) is 0 Å². The van der Waals surface area contributed by atoms with E-state index >= 15 is 0 Å². The first-order valence-electron chi connectivity index (χ1n) is 8.66. The summed E-state index contributed by atoms with van der Waals surface area (Å²) in [6.45, 7) is 1.78. The molecule has 0 saturated carbocycles. The summed E-state index contributed by atoms with van der Waals surface area (Å²) in [5.41, 5.74) is 0.371. The zero-order chi connectivity index (χ0) is 20.6. The third-order valence-electron chi connectivity index (χ3n) is 4.58. The highest BCUT2D eigenvalue weighted by Gasteiger charge is 2.32. The fourth-order valence-corrected chi connectivity index (χ4v) is 4.90. The number of aliphatic imine (C=N–C) groups is 1. The van der Waals surface area contributed by atoms with E-state index in [0.717, 1.165) is 6.07 Å². The number of halogens is 2. The van der Waals surface area contributed by atoms with Crippen LogP contribution in [-0.4, -0.2) is 19.4 Å². The Morgan fingerprint density at radius 1 is 1.17 bits per heavy atom. The van der Waals surface area contributed by atoms with Crippen molar-refractivity contribution in [3.8, 4) is 0 Å². The van der Waals surface area contributed by atoms with Crippen LogP contribution in [0.1, 0.15) is 29.0 Å². The van der Waals surface area contributed by atoms with Crippen LogP contribution in [0.15, 0.2) is 57.9 Å². The molecule has 0 bridgehead atoms. The fourth-order valence-electron chi connectivity index (χ4n) is 3.21. The van der Waals surface area contributed by atoms with Crippen molar-refractivity contribution >= 4 is 33.0 Å². The zero-order valence-electron chi connectivity index (χ0n) is 15.2. The molecule has 4 rings (SSSR count). The number of benzene rings is 2. The Morgan fingerprint density at radius 3 is 2.69 bits per heavy atom. The molecular formula is C19H16F2N4O2S2. The normalized spacial score (nSPS) is 17.3. The van der Waals surface area contributed by atoms with Crippen LogP contribution < -0.4 is 10.0 Å². The van der Waals surface area contributed by atoms with Gasteiger partial charge in [-0.15, -0.1) is 11.3 Å². The molecule has 29 heavy (non-hydrogen) atoms. The van der Waals surface area contributed by atoms with E-state index in [1.54, 1.807) is 36.7 Å². The van der Waals surface area contributed by atoms with Gasteiger partial charge < -0.3 is 5.32 Å². The van der Waals surface area contributed by atoms with Gasteiger partial charge in [0, 0.05) is 23.1 Å². The molecule has 1 aliphatic rings. The first-order chi connectivity index (χ1) is 13.9. The molecule has 0 radical (unpaired) electrons. The van der Waals surface area contributed by atoms with E-state index in [1.165, 1.54) is 23.5 Å². The number of nitrogens with zero attached hydrogens (tertiary/aromatic N) is 2. The SMILES string of the molecule is C[C@@H](c1ccccc1F)c1c(F)ccc2c1NC(=NCc1nccs1)NS2(=O)=O. The van der Waals surface area contributed by atoms with E-state index in [2.05, 4.69) is 20.0 Å². The number of aromatic nitrogens is 1. The molecule has 0 saturated heterocycles. The standard InChI is InChI=1S/C19H16F2N4O2S2/c1-11(12-4-2-3-5-13(12)20)17-14(21)6-7-15-18(17)24-19(25-29(15,26)27)23-10-16-22-8-9-28-16/h2-9,11H,10H2,1H3,(H2,23,24,25)/t11-/m0/s1. The molecule has 3 aromatic rings. The third-order valence-corrected chi connectivity index (χ3v) is 6.72. The molecule has 1 aliphatic heterocycles. The van der Waals surface area contributed by atoms with Gasteiger partial charge in [0.2, 0.25) is 5.96 Å². The molecule has 2 N–H and O–H groups in total. The lowest BCUT2D eigenvalue weighted by Gasteiger charge is -2.26. The number of nitrogens with one attached hydrogen (secondary N) is 2. The van der Waals surface area contributed by atoms with Gasteiger partial charge in [-0.05, 0) is 23.8 Å². The highest BCUT2D eigenvalue weighted by Crippen LogP contribution is 2.38. The largest absolute Gasteiger partial charge is 0.324 e. The van der Waals surface area contributed by atoms with Gasteiger partial charge in [-0.1, -0.05) is 25.1 Å². The summed E-state index contributed by atoms with van der Waals surface area (Å²) in [5.74, 6) is -1.90. The lowest BCUT2D eigenvalue weighted by molar-refractivity contribution is 0.577. The topological polar surface area (TPSA) is 83.4 Å². The highest BCUT2D eigenvalue weighted by molar-refractivity contribution is 7.90. The van der Waals surface area contributed by atoms with Crippen molar-refractivity contribution in [1.29, 1.82) is 0 Å². The number of hydrogen-bond donors (Lipinski definition) is 2. The lowest BCUT2D eigenvalue weighted by Crippen LogP contribution is -2.41. The van der Waals surface area contributed by atoms with Crippen molar-refractivity contribution in [2.24, 2.45) is 4.99 Å². The maximum Gasteiger partial charge on any atom is 0.266 e. The molecule has 0 spiro atoms. The Bertz CT molecular complexity index is 1190. The van der Waals surface area contributed by atoms with E-state index in [1.807, 2.05) is 0 Å². The smallest absolute Gasteiger partial charge is 0.266 e. The second-order valence-electron chi connectivity index (χ2n) is 6.40. The summed E-state index contributed by atoms with van der Waals surface area (Å²) in [6, 6.07) is 8.27. The summed E-state index contributed by atoms with van der Waals surface area (Å²) in [4.78, 5) is 8.18. The Hall–Kier alpha value is -2.85. The number of thiazole rings is 1. The summed E-state index contributed by atoms with van der Waals surface area (Å²) >= 11 is 1.38. The van der Waals surface area contributed by atoms with E-state index in [0.29, 0.717) is 5.01 Å². The van der Waals surface area contributed by atoms with Gasteiger partial charge in [0.25, 0.3) is 10.0 Å². The van der Waals surface area contributed by atoms with E-state index in [9.17, 15) is 17.2 Å². The van der Waals surface area contributed by atoms with Crippen molar-refractivity contribution in [3.63, 3.8) is 0 Å². The average Bonchev–Trinajstić information content (AvgIpc) is 3.19. The predicted octanol–water partition coefficient (Wildman–Crippen LogP) is 3.83. The van der Waals surface area contributed by atoms with Gasteiger partial charge >= 0.3 is 0 Å². The Labute approximate surface area is 170 Å². The van der Waals surface area contributed by atoms with Crippen LogP contribution in [0.2, 0.25) is 0 Å². The molecule has 2 aromatic carbocycles. The number of hydrogen-bond acceptors (Lipinski definition) is 5. The van der Waals surface area contributed by atoms with Crippen LogP contribution in [0.3, 0.4) is 0 Å². The van der Waals surface area contributed by atoms with Crippen molar-refractivity contribution in [2.75, 3.05) is 5.32 Å². The molecule has 0 aliphatic carbocycles. The van der Waals surface area contributed by atoms with Gasteiger partial charge in [0.05, 0.1) is 12.2 Å². The number of fused-ring (bicyclic) bond motifs is 1. The molecule has 0 unspecified atom stereocenters. The minimum Gasteiger partial charge on any atom is -0.324 e. The van der Waals surface area contributed by atoms with Crippen LogP contribution in [0.4, 0.5) is 14.5 Å². The highest BCUT2D eigenvalue weighted by atomic mass is 32.2. The molecule has 2 heterocycles. The maximum atomic E-state index is 14.8. The Kier molecular flexibility index (Phi) is 5.05. The minimum atomic E-state index is -3.97. The summed E-state index contributed by atoms with van der Waals surface area (Å²) in [7, 11) is -3.97. The quantitative estimate of drug-likeness (QED) is 0.654. The maximum absolute atomic E-state index is 14.8. The molecule has 0 fully saturated rings. The van der Waals surface area contributed by atoms with Crippen molar-refractivity contribution in [3.05, 3.63) is 75.7 Å². The van der Waals surface area contributed by atoms with E-state index in [-0.39, 0.29) is 34.2 Å². The second kappa shape index (κ2) is 7.53. The molecule has 10 heteroatoms. The monoisotopic (exact) mass is 434 g/mol. The number of anilines is 1. The van der Waals surface area contributed by atoms with E-state index < -0.39 is 27.6 Å². The van der Waals surface area contributed by atoms with Crippen LogP contribution >= 0.6 is 11.3 Å². The Balaban J connectivity index is 1.80. The number of sulfonamides is 1. The number of rotatable bonds is 4. The molecule has 1 aromatic heterocycles.